The molecule has 0 unspecified atom stereocenters. The fraction of sp³-hybridized carbons (Fsp3) is 0.448. The number of carbonyl (C=O) groups excluding carboxylic acids is 2. The maximum atomic E-state index is 11.0. The standard InChI is InChI=1S/C10H18O5.C10H12O2.C9H11NO2/c1-9(2,3)14-7(11)13-8(12)15-10(4,5)6;1-2-3-8-4-6-9(7-5-8)10(11)12;10-6-5-7-1-3-8(4-2-7)9(11)12/h1-6H3;4-7H,2-3H2,1H3,(H,11,12);1-4H,5-6,10H2,(H,11,12). The summed E-state index contributed by atoms with van der Waals surface area (Å²) in [6.07, 6.45) is 0.778. The number of aryl methyl sites for hydroxylation is 1. The van der Waals surface area contributed by atoms with Gasteiger partial charge in [0.2, 0.25) is 0 Å². The first kappa shape index (κ1) is 35.1. The van der Waals surface area contributed by atoms with Gasteiger partial charge in [-0.1, -0.05) is 37.6 Å². The molecule has 0 saturated carbocycles. The molecule has 4 N–H and O–H groups in total. The van der Waals surface area contributed by atoms with Gasteiger partial charge in [0.05, 0.1) is 11.1 Å². The Bertz CT molecular complexity index is 963. The van der Waals surface area contributed by atoms with Crippen molar-refractivity contribution in [3.8, 4) is 0 Å². The molecule has 39 heavy (non-hydrogen) atoms. The molecule has 0 bridgehead atoms. The predicted octanol–water partition coefficient (Wildman–Crippen LogP) is 6.10. The van der Waals surface area contributed by atoms with Crippen LogP contribution in [0.2, 0.25) is 0 Å². The quantitative estimate of drug-likeness (QED) is 0.284. The third-order valence-corrected chi connectivity index (χ3v) is 4.32. The van der Waals surface area contributed by atoms with Gasteiger partial charge in [-0.3, -0.25) is 0 Å². The number of hydrogen-bond acceptors (Lipinski definition) is 8. The van der Waals surface area contributed by atoms with E-state index in [4.69, 9.17) is 25.4 Å². The third-order valence-electron chi connectivity index (χ3n) is 4.32. The Morgan fingerprint density at radius 2 is 1.00 bits per heavy atom. The number of nitrogens with two attached hydrogens (primary N) is 1. The molecule has 0 aromatic heterocycles. The van der Waals surface area contributed by atoms with E-state index in [9.17, 15) is 19.2 Å². The van der Waals surface area contributed by atoms with Gasteiger partial charge >= 0.3 is 24.2 Å². The van der Waals surface area contributed by atoms with Gasteiger partial charge in [0, 0.05) is 0 Å². The molecule has 0 heterocycles. The number of carbonyl (C=O) groups is 4. The van der Waals surface area contributed by atoms with E-state index < -0.39 is 35.5 Å². The average molecular weight is 548 g/mol. The number of ether oxygens (including phenoxy) is 3. The Balaban J connectivity index is 0.000000559. The lowest BCUT2D eigenvalue weighted by Crippen LogP contribution is -2.29. The summed E-state index contributed by atoms with van der Waals surface area (Å²) in [7, 11) is 0. The van der Waals surface area contributed by atoms with Crippen LogP contribution in [0.15, 0.2) is 48.5 Å². The molecule has 0 aliphatic rings. The normalized spacial score (nSPS) is 10.6. The Morgan fingerprint density at radius 1 is 0.667 bits per heavy atom. The fourth-order valence-electron chi connectivity index (χ4n) is 2.69. The number of aromatic carboxylic acids is 2. The first-order chi connectivity index (χ1) is 18.0. The van der Waals surface area contributed by atoms with Crippen LogP contribution in [0.5, 0.6) is 0 Å². The van der Waals surface area contributed by atoms with Crippen LogP contribution in [0.1, 0.15) is 86.7 Å². The van der Waals surface area contributed by atoms with Gasteiger partial charge in [-0.15, -0.1) is 0 Å². The maximum Gasteiger partial charge on any atom is 0.519 e. The van der Waals surface area contributed by atoms with Crippen LogP contribution in [0.3, 0.4) is 0 Å². The van der Waals surface area contributed by atoms with Crippen LogP contribution < -0.4 is 5.73 Å². The molecule has 216 valence electrons. The van der Waals surface area contributed by atoms with Crippen LogP contribution in [0, 0.1) is 0 Å². The summed E-state index contributed by atoms with van der Waals surface area (Å²) in [5, 5.41) is 17.2. The molecule has 2 aromatic rings. The summed E-state index contributed by atoms with van der Waals surface area (Å²) in [5.74, 6) is -1.76. The first-order valence-electron chi connectivity index (χ1n) is 12.5. The molecule has 10 heteroatoms. The van der Waals surface area contributed by atoms with E-state index in [1.54, 1.807) is 77.9 Å². The molecule has 0 radical (unpaired) electrons. The van der Waals surface area contributed by atoms with Gasteiger partial charge in [0.25, 0.3) is 0 Å². The molecular weight excluding hydrogens is 506 g/mol. The highest BCUT2D eigenvalue weighted by atomic mass is 16.8. The highest BCUT2D eigenvalue weighted by Gasteiger charge is 2.24. The highest BCUT2D eigenvalue weighted by Crippen LogP contribution is 2.12. The number of carboxylic acid groups (broad SMARTS) is 2. The maximum absolute atomic E-state index is 11.0. The van der Waals surface area contributed by atoms with Gasteiger partial charge in [0.15, 0.2) is 0 Å². The second-order valence-electron chi connectivity index (χ2n) is 10.3. The molecule has 2 aromatic carbocycles. The summed E-state index contributed by atoms with van der Waals surface area (Å²) in [6.45, 7) is 12.7. The number of rotatable bonds is 6. The van der Waals surface area contributed by atoms with Gasteiger partial charge in [-0.05, 0) is 96.3 Å². The van der Waals surface area contributed by atoms with Crippen LogP contribution in [0.25, 0.3) is 0 Å². The first-order valence-corrected chi connectivity index (χ1v) is 12.5. The molecule has 2 rings (SSSR count). The van der Waals surface area contributed by atoms with Crippen LogP contribution >= 0.6 is 0 Å². The summed E-state index contributed by atoms with van der Waals surface area (Å²) >= 11 is 0. The SMILES string of the molecule is CC(C)(C)OC(=O)OC(=O)OC(C)(C)C.CCCc1ccc(C(=O)O)cc1.NCCc1ccc(C(=O)O)cc1. The van der Waals surface area contributed by atoms with Crippen molar-refractivity contribution < 1.29 is 43.6 Å². The van der Waals surface area contributed by atoms with E-state index in [-0.39, 0.29) is 0 Å². The second-order valence-corrected chi connectivity index (χ2v) is 10.3. The van der Waals surface area contributed by atoms with E-state index in [0.29, 0.717) is 17.7 Å². The zero-order chi connectivity index (χ0) is 30.2. The van der Waals surface area contributed by atoms with Crippen molar-refractivity contribution in [2.75, 3.05) is 6.54 Å². The zero-order valence-electron chi connectivity index (χ0n) is 23.8. The monoisotopic (exact) mass is 547 g/mol. The lowest BCUT2D eigenvalue weighted by atomic mass is 10.1. The Morgan fingerprint density at radius 3 is 1.26 bits per heavy atom. The van der Waals surface area contributed by atoms with E-state index in [0.717, 1.165) is 24.8 Å². The molecule has 0 fully saturated rings. The number of hydrogen-bond donors (Lipinski definition) is 3. The smallest absolute Gasteiger partial charge is 0.478 e. The Labute approximate surface area is 230 Å². The minimum absolute atomic E-state index is 0.316. The lowest BCUT2D eigenvalue weighted by molar-refractivity contribution is -0.0294. The summed E-state index contributed by atoms with van der Waals surface area (Å²) < 4.78 is 13.8. The molecule has 0 amide bonds. The third kappa shape index (κ3) is 18.1. The summed E-state index contributed by atoms with van der Waals surface area (Å²) in [5.41, 5.74) is 6.89. The molecule has 0 aliphatic heterocycles. The van der Waals surface area contributed by atoms with Gasteiger partial charge in [-0.25, -0.2) is 19.2 Å². The molecule has 0 spiro atoms. The average Bonchev–Trinajstić information content (AvgIpc) is 2.78. The van der Waals surface area contributed by atoms with E-state index in [2.05, 4.69) is 11.7 Å². The Hall–Kier alpha value is -3.92. The molecular formula is C29H41NO9. The predicted molar refractivity (Wildman–Crippen MR) is 147 cm³/mol. The minimum atomic E-state index is -1.06. The molecule has 0 aliphatic carbocycles. The summed E-state index contributed by atoms with van der Waals surface area (Å²) in [4.78, 5) is 42.9. The fourth-order valence-corrected chi connectivity index (χ4v) is 2.69. The highest BCUT2D eigenvalue weighted by molar-refractivity contribution is 5.88. The molecule has 0 saturated heterocycles. The largest absolute Gasteiger partial charge is 0.519 e. The van der Waals surface area contributed by atoms with Gasteiger partial charge in [-0.2, -0.15) is 0 Å². The second kappa shape index (κ2) is 16.8. The van der Waals surface area contributed by atoms with Crippen molar-refractivity contribution in [1.29, 1.82) is 0 Å². The van der Waals surface area contributed by atoms with Gasteiger partial charge in [0.1, 0.15) is 11.2 Å². The lowest BCUT2D eigenvalue weighted by Gasteiger charge is -2.20. The topological polar surface area (TPSA) is 162 Å². The van der Waals surface area contributed by atoms with Crippen LogP contribution in [0.4, 0.5) is 9.59 Å². The summed E-state index contributed by atoms with van der Waals surface area (Å²) in [6, 6.07) is 13.8. The Kier molecular flexibility index (Phi) is 15.1. The molecule has 0 atom stereocenters. The number of carboxylic acids is 2. The van der Waals surface area contributed by atoms with E-state index >= 15 is 0 Å². The molecule has 10 nitrogen and oxygen atoms in total. The van der Waals surface area contributed by atoms with Crippen molar-refractivity contribution in [3.63, 3.8) is 0 Å². The van der Waals surface area contributed by atoms with Crippen molar-refractivity contribution >= 4 is 24.2 Å². The van der Waals surface area contributed by atoms with E-state index in [1.807, 2.05) is 12.1 Å². The van der Waals surface area contributed by atoms with Crippen molar-refractivity contribution in [3.05, 3.63) is 70.8 Å². The minimum Gasteiger partial charge on any atom is -0.478 e. The van der Waals surface area contributed by atoms with Crippen molar-refractivity contribution in [2.24, 2.45) is 5.73 Å². The van der Waals surface area contributed by atoms with E-state index in [1.165, 1.54) is 5.56 Å². The zero-order valence-corrected chi connectivity index (χ0v) is 23.8. The van der Waals surface area contributed by atoms with Crippen molar-refractivity contribution in [1.82, 2.24) is 0 Å². The van der Waals surface area contributed by atoms with Gasteiger partial charge < -0.3 is 30.2 Å². The van der Waals surface area contributed by atoms with Crippen LogP contribution in [-0.4, -0.2) is 52.2 Å². The van der Waals surface area contributed by atoms with Crippen LogP contribution in [-0.2, 0) is 27.1 Å². The number of benzene rings is 2. The van der Waals surface area contributed by atoms with Crippen molar-refractivity contribution in [2.45, 2.75) is 78.9 Å².